The number of ether oxygens (including phenoxy) is 1. The summed E-state index contributed by atoms with van der Waals surface area (Å²) in [6, 6.07) is 3.84. The number of rotatable bonds is 3. The molecule has 0 bridgehead atoms. The van der Waals surface area contributed by atoms with Gasteiger partial charge in [-0.15, -0.1) is 0 Å². The van der Waals surface area contributed by atoms with Crippen molar-refractivity contribution >= 4 is 17.5 Å². The van der Waals surface area contributed by atoms with Gasteiger partial charge in [0.15, 0.2) is 0 Å². The molecule has 20 heavy (non-hydrogen) atoms. The van der Waals surface area contributed by atoms with E-state index in [4.69, 9.17) is 10.5 Å². The Morgan fingerprint density at radius 2 is 2.25 bits per heavy atom. The summed E-state index contributed by atoms with van der Waals surface area (Å²) >= 11 is 0. The molecule has 1 spiro atoms. The molecule has 5 nitrogen and oxygen atoms in total. The van der Waals surface area contributed by atoms with Gasteiger partial charge in [-0.2, -0.15) is 0 Å². The van der Waals surface area contributed by atoms with E-state index in [0.29, 0.717) is 12.3 Å². The topological polar surface area (TPSA) is 68.5 Å². The van der Waals surface area contributed by atoms with Crippen LogP contribution in [0, 0.1) is 11.3 Å². The van der Waals surface area contributed by atoms with Gasteiger partial charge in [-0.3, -0.25) is 4.79 Å². The molecule has 2 fully saturated rings. The molecule has 2 aliphatic rings. The molecule has 1 aliphatic heterocycles. The maximum Gasteiger partial charge on any atom is 0.309 e. The maximum atomic E-state index is 11.8. The third-order valence-electron chi connectivity index (χ3n) is 4.61. The summed E-state index contributed by atoms with van der Waals surface area (Å²) in [4.78, 5) is 18.4. The molecule has 1 unspecified atom stereocenters. The number of carbonyl (C=O) groups is 1. The highest BCUT2D eigenvalue weighted by Gasteiger charge is 2.59. The van der Waals surface area contributed by atoms with Crippen molar-refractivity contribution in [2.75, 3.05) is 30.3 Å². The van der Waals surface area contributed by atoms with Crippen LogP contribution < -0.4 is 10.6 Å². The smallest absolute Gasteiger partial charge is 0.309 e. The summed E-state index contributed by atoms with van der Waals surface area (Å²) in [5, 5.41) is 0. The van der Waals surface area contributed by atoms with Crippen LogP contribution in [0.25, 0.3) is 0 Å². The number of nitrogens with zero attached hydrogens (tertiary/aromatic N) is 2. The standard InChI is InChI=1S/C15H21N3O2/c1-2-20-14(19)12-9-15(12)5-7-18(8-6-15)13-4-3-11(16)10-17-13/h3-4,10,12H,2,5-9,16H2,1H3. The van der Waals surface area contributed by atoms with E-state index in [1.807, 2.05) is 19.1 Å². The van der Waals surface area contributed by atoms with E-state index in [1.165, 1.54) is 0 Å². The summed E-state index contributed by atoms with van der Waals surface area (Å²) in [7, 11) is 0. The van der Waals surface area contributed by atoms with Crippen LogP contribution in [0.15, 0.2) is 18.3 Å². The fourth-order valence-electron chi connectivity index (χ4n) is 3.24. The van der Waals surface area contributed by atoms with Crippen molar-refractivity contribution in [3.8, 4) is 0 Å². The molecule has 108 valence electrons. The Bertz CT molecular complexity index is 492. The van der Waals surface area contributed by atoms with Crippen LogP contribution in [0.3, 0.4) is 0 Å². The predicted molar refractivity (Wildman–Crippen MR) is 77.3 cm³/mol. The van der Waals surface area contributed by atoms with Crippen molar-refractivity contribution in [3.63, 3.8) is 0 Å². The summed E-state index contributed by atoms with van der Waals surface area (Å²) in [5.41, 5.74) is 6.55. The molecule has 0 aromatic carbocycles. The van der Waals surface area contributed by atoms with Crippen molar-refractivity contribution in [2.45, 2.75) is 26.2 Å². The van der Waals surface area contributed by atoms with E-state index in [0.717, 1.165) is 38.2 Å². The summed E-state index contributed by atoms with van der Waals surface area (Å²) in [6.45, 7) is 4.24. The van der Waals surface area contributed by atoms with Gasteiger partial charge in [0.05, 0.1) is 24.4 Å². The van der Waals surface area contributed by atoms with Crippen LogP contribution in [0.4, 0.5) is 11.5 Å². The fraction of sp³-hybridized carbons (Fsp3) is 0.600. The van der Waals surface area contributed by atoms with Gasteiger partial charge in [0, 0.05) is 13.1 Å². The Morgan fingerprint density at radius 3 is 2.85 bits per heavy atom. The third-order valence-corrected chi connectivity index (χ3v) is 4.61. The van der Waals surface area contributed by atoms with Crippen LogP contribution in [0.1, 0.15) is 26.2 Å². The van der Waals surface area contributed by atoms with Gasteiger partial charge in [-0.05, 0) is 43.7 Å². The molecule has 1 aliphatic carbocycles. The van der Waals surface area contributed by atoms with Crippen LogP contribution >= 0.6 is 0 Å². The van der Waals surface area contributed by atoms with E-state index in [1.54, 1.807) is 6.20 Å². The molecule has 2 N–H and O–H groups in total. The molecule has 1 aromatic rings. The van der Waals surface area contributed by atoms with Gasteiger partial charge >= 0.3 is 5.97 Å². The summed E-state index contributed by atoms with van der Waals surface area (Å²) < 4.78 is 5.14. The minimum atomic E-state index is -0.00782. The second kappa shape index (κ2) is 4.96. The summed E-state index contributed by atoms with van der Waals surface area (Å²) in [5.74, 6) is 1.10. The largest absolute Gasteiger partial charge is 0.466 e. The minimum absolute atomic E-state index is 0.00782. The number of aromatic nitrogens is 1. The first-order valence-electron chi connectivity index (χ1n) is 7.28. The predicted octanol–water partition coefficient (Wildman–Crippen LogP) is 1.83. The second-order valence-electron chi connectivity index (χ2n) is 5.81. The second-order valence-corrected chi connectivity index (χ2v) is 5.81. The van der Waals surface area contributed by atoms with E-state index >= 15 is 0 Å². The minimum Gasteiger partial charge on any atom is -0.466 e. The first-order chi connectivity index (χ1) is 9.64. The number of carbonyl (C=O) groups excluding carboxylic acids is 1. The quantitative estimate of drug-likeness (QED) is 0.852. The van der Waals surface area contributed by atoms with Crippen LogP contribution in [0.2, 0.25) is 0 Å². The van der Waals surface area contributed by atoms with Crippen LogP contribution in [-0.4, -0.2) is 30.6 Å². The molecule has 1 aromatic heterocycles. The van der Waals surface area contributed by atoms with E-state index in [-0.39, 0.29) is 17.3 Å². The average molecular weight is 275 g/mol. The van der Waals surface area contributed by atoms with Crippen molar-refractivity contribution in [1.29, 1.82) is 0 Å². The molecule has 1 saturated heterocycles. The molecule has 3 rings (SSSR count). The highest BCUT2D eigenvalue weighted by Crippen LogP contribution is 2.59. The number of nitrogens with two attached hydrogens (primary N) is 1. The number of piperidine rings is 1. The average Bonchev–Trinajstić information content (AvgIpc) is 3.15. The van der Waals surface area contributed by atoms with Gasteiger partial charge in [0.2, 0.25) is 0 Å². The Hall–Kier alpha value is -1.78. The Kier molecular flexibility index (Phi) is 3.28. The molecular formula is C15H21N3O2. The zero-order valence-electron chi connectivity index (χ0n) is 11.8. The summed E-state index contributed by atoms with van der Waals surface area (Å²) in [6.07, 6.45) is 4.78. The highest BCUT2D eigenvalue weighted by molar-refractivity contribution is 5.77. The Labute approximate surface area is 119 Å². The zero-order chi connectivity index (χ0) is 14.2. The van der Waals surface area contributed by atoms with Crippen molar-refractivity contribution in [2.24, 2.45) is 11.3 Å². The first kappa shape index (κ1) is 13.2. The lowest BCUT2D eigenvalue weighted by Crippen LogP contribution is -2.36. The molecule has 0 amide bonds. The molecule has 1 saturated carbocycles. The number of hydrogen-bond donors (Lipinski definition) is 1. The van der Waals surface area contributed by atoms with E-state index < -0.39 is 0 Å². The van der Waals surface area contributed by atoms with Gasteiger partial charge in [-0.1, -0.05) is 0 Å². The molecule has 0 radical (unpaired) electrons. The highest BCUT2D eigenvalue weighted by atomic mass is 16.5. The van der Waals surface area contributed by atoms with Gasteiger partial charge in [-0.25, -0.2) is 4.98 Å². The first-order valence-corrected chi connectivity index (χ1v) is 7.28. The molecular weight excluding hydrogens is 254 g/mol. The van der Waals surface area contributed by atoms with E-state index in [2.05, 4.69) is 9.88 Å². The van der Waals surface area contributed by atoms with Gasteiger partial charge < -0.3 is 15.4 Å². The van der Waals surface area contributed by atoms with E-state index in [9.17, 15) is 4.79 Å². The number of esters is 1. The fourth-order valence-corrected chi connectivity index (χ4v) is 3.24. The Morgan fingerprint density at radius 1 is 1.50 bits per heavy atom. The van der Waals surface area contributed by atoms with Crippen molar-refractivity contribution in [3.05, 3.63) is 18.3 Å². The van der Waals surface area contributed by atoms with Crippen molar-refractivity contribution in [1.82, 2.24) is 4.98 Å². The maximum absolute atomic E-state index is 11.8. The SMILES string of the molecule is CCOC(=O)C1CC12CCN(c1ccc(N)cn1)CC2. The Balaban J connectivity index is 1.58. The third kappa shape index (κ3) is 2.32. The zero-order valence-corrected chi connectivity index (χ0v) is 11.8. The molecule has 1 atom stereocenters. The van der Waals surface area contributed by atoms with Gasteiger partial charge in [0.1, 0.15) is 5.82 Å². The number of pyridine rings is 1. The van der Waals surface area contributed by atoms with Gasteiger partial charge in [0.25, 0.3) is 0 Å². The monoisotopic (exact) mass is 275 g/mol. The normalized spacial score (nSPS) is 23.6. The van der Waals surface area contributed by atoms with Crippen LogP contribution in [-0.2, 0) is 9.53 Å². The number of anilines is 2. The molecule has 5 heteroatoms. The number of hydrogen-bond acceptors (Lipinski definition) is 5. The van der Waals surface area contributed by atoms with Crippen LogP contribution in [0.5, 0.6) is 0 Å². The lowest BCUT2D eigenvalue weighted by molar-refractivity contribution is -0.145. The molecule has 2 heterocycles. The van der Waals surface area contributed by atoms with Crippen molar-refractivity contribution < 1.29 is 9.53 Å². The number of nitrogen functional groups attached to an aromatic ring is 1. The lowest BCUT2D eigenvalue weighted by Gasteiger charge is -2.33. The lowest BCUT2D eigenvalue weighted by atomic mass is 9.91.